The van der Waals surface area contributed by atoms with Crippen LogP contribution in [0.15, 0.2) is 101 Å². The number of aliphatic hydroxyl groups is 1. The van der Waals surface area contributed by atoms with Crippen molar-refractivity contribution in [1.29, 1.82) is 0 Å². The topological polar surface area (TPSA) is 57.6 Å². The van der Waals surface area contributed by atoms with Crippen LogP contribution in [0.1, 0.15) is 22.7 Å². The van der Waals surface area contributed by atoms with Gasteiger partial charge in [-0.2, -0.15) is 13.2 Å². The smallest absolute Gasteiger partial charge is 0.416 e. The fraction of sp³-hybridized carbons (Fsp3) is 0.0769. The summed E-state index contributed by atoms with van der Waals surface area (Å²) < 4.78 is 40.7. The van der Waals surface area contributed by atoms with E-state index in [9.17, 15) is 27.9 Å². The quantitative estimate of drug-likeness (QED) is 0.378. The highest BCUT2D eigenvalue weighted by molar-refractivity contribution is 9.10. The first-order chi connectivity index (χ1) is 16.2. The molecule has 1 heterocycles. The minimum atomic E-state index is -4.63. The van der Waals surface area contributed by atoms with Gasteiger partial charge in [0.15, 0.2) is 11.5 Å². The Balaban J connectivity index is 1.81. The number of rotatable bonds is 5. The number of amides is 1. The van der Waals surface area contributed by atoms with Crippen LogP contribution in [-0.4, -0.2) is 16.8 Å². The second-order valence-corrected chi connectivity index (χ2v) is 8.46. The van der Waals surface area contributed by atoms with Crippen molar-refractivity contribution in [3.05, 3.63) is 117 Å². The third-order valence-corrected chi connectivity index (χ3v) is 5.87. The lowest BCUT2D eigenvalue weighted by atomic mass is 9.95. The van der Waals surface area contributed by atoms with Crippen molar-refractivity contribution in [3.8, 4) is 0 Å². The molecule has 4 rings (SSSR count). The molecule has 3 aromatic carbocycles. The Hall–Kier alpha value is -3.65. The lowest BCUT2D eigenvalue weighted by Crippen LogP contribution is -2.31. The Morgan fingerprint density at radius 1 is 0.971 bits per heavy atom. The number of hydrogen-bond donors (Lipinski definition) is 1. The van der Waals surface area contributed by atoms with Gasteiger partial charge >= 0.3 is 6.18 Å². The minimum Gasteiger partial charge on any atom is -0.503 e. The normalized spacial score (nSPS) is 16.5. The van der Waals surface area contributed by atoms with Gasteiger partial charge in [-0.1, -0.05) is 70.5 Å². The number of aliphatic hydroxyl groups excluding tert-OH is 1. The summed E-state index contributed by atoms with van der Waals surface area (Å²) in [6.45, 7) is 0. The number of carbonyl (C=O) groups excluding carboxylic acids is 2. The molecule has 1 N–H and O–H groups in total. The first-order valence-electron chi connectivity index (χ1n) is 10.1. The number of alkyl halides is 3. The monoisotopic (exact) mass is 527 g/mol. The number of nitrogens with zero attached hydrogens (tertiary/aromatic N) is 1. The van der Waals surface area contributed by atoms with E-state index in [1.54, 1.807) is 54.6 Å². The van der Waals surface area contributed by atoms with E-state index in [0.717, 1.165) is 27.1 Å². The average Bonchev–Trinajstić information content (AvgIpc) is 3.09. The van der Waals surface area contributed by atoms with Crippen LogP contribution in [-0.2, 0) is 15.8 Å². The largest absolute Gasteiger partial charge is 0.503 e. The van der Waals surface area contributed by atoms with E-state index in [2.05, 4.69) is 15.9 Å². The van der Waals surface area contributed by atoms with Crippen LogP contribution in [0.25, 0.3) is 6.08 Å². The van der Waals surface area contributed by atoms with Crippen LogP contribution >= 0.6 is 15.9 Å². The van der Waals surface area contributed by atoms with Crippen LogP contribution in [0.2, 0.25) is 0 Å². The van der Waals surface area contributed by atoms with Crippen LogP contribution in [0.5, 0.6) is 0 Å². The van der Waals surface area contributed by atoms with Gasteiger partial charge in [-0.15, -0.1) is 0 Å². The van der Waals surface area contributed by atoms with E-state index >= 15 is 0 Å². The first-order valence-corrected chi connectivity index (χ1v) is 10.9. The predicted molar refractivity (Wildman–Crippen MR) is 126 cm³/mol. The Labute approximate surface area is 201 Å². The van der Waals surface area contributed by atoms with Gasteiger partial charge in [0, 0.05) is 10.2 Å². The molecule has 0 saturated heterocycles. The average molecular weight is 528 g/mol. The number of ketones is 1. The Kier molecular flexibility index (Phi) is 6.43. The van der Waals surface area contributed by atoms with Gasteiger partial charge in [0.1, 0.15) is 0 Å². The molecule has 0 saturated carbocycles. The molecule has 1 unspecified atom stereocenters. The van der Waals surface area contributed by atoms with Crippen molar-refractivity contribution in [2.75, 3.05) is 4.90 Å². The molecule has 1 amide bonds. The van der Waals surface area contributed by atoms with E-state index in [4.69, 9.17) is 0 Å². The molecular weight excluding hydrogens is 511 g/mol. The fourth-order valence-corrected chi connectivity index (χ4v) is 4.01. The van der Waals surface area contributed by atoms with Gasteiger partial charge in [-0.3, -0.25) is 14.5 Å². The molecule has 0 fully saturated rings. The van der Waals surface area contributed by atoms with Gasteiger partial charge in [0.25, 0.3) is 5.91 Å². The minimum absolute atomic E-state index is 0.0888. The molecule has 1 atom stereocenters. The molecule has 1 aliphatic rings. The zero-order chi connectivity index (χ0) is 24.5. The molecule has 0 aromatic heterocycles. The maximum Gasteiger partial charge on any atom is 0.416 e. The van der Waals surface area contributed by atoms with Gasteiger partial charge in [-0.05, 0) is 47.5 Å². The molecule has 4 nitrogen and oxygen atoms in total. The third kappa shape index (κ3) is 4.68. The highest BCUT2D eigenvalue weighted by Crippen LogP contribution is 2.42. The lowest BCUT2D eigenvalue weighted by Gasteiger charge is -2.27. The summed E-state index contributed by atoms with van der Waals surface area (Å²) >= 11 is 3.32. The first kappa shape index (κ1) is 23.5. The molecule has 172 valence electrons. The zero-order valence-corrected chi connectivity index (χ0v) is 19.0. The van der Waals surface area contributed by atoms with Crippen LogP contribution in [0, 0.1) is 0 Å². The van der Waals surface area contributed by atoms with E-state index in [1.807, 2.05) is 6.07 Å². The Morgan fingerprint density at radius 2 is 1.65 bits per heavy atom. The fourth-order valence-electron chi connectivity index (χ4n) is 3.74. The molecule has 0 radical (unpaired) electrons. The number of hydrogen-bond acceptors (Lipinski definition) is 3. The van der Waals surface area contributed by atoms with Gasteiger partial charge < -0.3 is 5.11 Å². The molecule has 8 heteroatoms. The molecular formula is C26H17BrF3NO3. The third-order valence-electron chi connectivity index (χ3n) is 5.34. The van der Waals surface area contributed by atoms with Crippen molar-refractivity contribution >= 4 is 39.4 Å². The highest BCUT2D eigenvalue weighted by Gasteiger charge is 2.44. The summed E-state index contributed by atoms with van der Waals surface area (Å²) in [5.74, 6) is -2.38. The van der Waals surface area contributed by atoms with E-state index < -0.39 is 35.2 Å². The molecule has 0 bridgehead atoms. The van der Waals surface area contributed by atoms with Crippen molar-refractivity contribution < 1.29 is 27.9 Å². The molecule has 3 aromatic rings. The standard InChI is InChI=1S/C26H17BrF3NO3/c27-19-12-10-17(11-13-19)23-22(21(32)14-9-16-5-2-1-3-6-16)24(33)25(34)31(23)20-8-4-7-18(15-20)26(28,29)30/h1-15,23,33H. The number of anilines is 1. The van der Waals surface area contributed by atoms with Crippen molar-refractivity contribution in [2.24, 2.45) is 0 Å². The van der Waals surface area contributed by atoms with Gasteiger partial charge in [0.05, 0.1) is 17.2 Å². The SMILES string of the molecule is O=C(C=Cc1ccccc1)C1=C(O)C(=O)N(c2cccc(C(F)(F)F)c2)C1c1ccc(Br)cc1. The summed E-state index contributed by atoms with van der Waals surface area (Å²) in [7, 11) is 0. The molecule has 34 heavy (non-hydrogen) atoms. The Morgan fingerprint density at radius 3 is 2.29 bits per heavy atom. The number of halogens is 4. The van der Waals surface area contributed by atoms with Crippen molar-refractivity contribution in [2.45, 2.75) is 12.2 Å². The molecule has 1 aliphatic heterocycles. The molecule has 0 spiro atoms. The zero-order valence-electron chi connectivity index (χ0n) is 17.5. The predicted octanol–water partition coefficient (Wildman–Crippen LogP) is 6.65. The van der Waals surface area contributed by atoms with Crippen LogP contribution in [0.4, 0.5) is 18.9 Å². The maximum absolute atomic E-state index is 13.3. The maximum atomic E-state index is 13.3. The summed E-state index contributed by atoms with van der Waals surface area (Å²) in [5, 5.41) is 10.7. The summed E-state index contributed by atoms with van der Waals surface area (Å²) in [4.78, 5) is 27.2. The van der Waals surface area contributed by atoms with Gasteiger partial charge in [-0.25, -0.2) is 0 Å². The second kappa shape index (κ2) is 9.30. The van der Waals surface area contributed by atoms with Crippen molar-refractivity contribution in [3.63, 3.8) is 0 Å². The second-order valence-electron chi connectivity index (χ2n) is 7.55. The lowest BCUT2D eigenvalue weighted by molar-refractivity contribution is -0.137. The van der Waals surface area contributed by atoms with Crippen LogP contribution in [0.3, 0.4) is 0 Å². The van der Waals surface area contributed by atoms with Crippen molar-refractivity contribution in [1.82, 2.24) is 0 Å². The summed E-state index contributed by atoms with van der Waals surface area (Å²) in [5.41, 5.74) is -0.0636. The Bertz CT molecular complexity index is 1300. The van der Waals surface area contributed by atoms with E-state index in [-0.39, 0.29) is 11.3 Å². The number of allylic oxidation sites excluding steroid dienone is 1. The van der Waals surface area contributed by atoms with E-state index in [1.165, 1.54) is 18.2 Å². The number of carbonyl (C=O) groups is 2. The molecule has 0 aliphatic carbocycles. The van der Waals surface area contributed by atoms with Gasteiger partial charge in [0.2, 0.25) is 0 Å². The highest BCUT2D eigenvalue weighted by atomic mass is 79.9. The van der Waals surface area contributed by atoms with Crippen LogP contribution < -0.4 is 4.90 Å². The van der Waals surface area contributed by atoms with E-state index in [0.29, 0.717) is 5.56 Å². The number of benzene rings is 3. The summed E-state index contributed by atoms with van der Waals surface area (Å²) in [6.07, 6.45) is -1.85. The summed E-state index contributed by atoms with van der Waals surface area (Å²) in [6, 6.07) is 18.7.